The fourth-order valence-electron chi connectivity index (χ4n) is 3.49. The van der Waals surface area contributed by atoms with Crippen LogP contribution in [0.5, 0.6) is 0 Å². The van der Waals surface area contributed by atoms with Crippen molar-refractivity contribution in [1.82, 2.24) is 5.32 Å². The van der Waals surface area contributed by atoms with E-state index in [1.165, 1.54) is 44.1 Å². The van der Waals surface area contributed by atoms with Gasteiger partial charge in [0, 0.05) is 6.04 Å². The lowest BCUT2D eigenvalue weighted by atomic mass is 9.83. The molecule has 1 atom stereocenters. The van der Waals surface area contributed by atoms with Crippen molar-refractivity contribution in [2.75, 3.05) is 6.54 Å². The average molecular weight is 273 g/mol. The summed E-state index contributed by atoms with van der Waals surface area (Å²) in [7, 11) is 0. The molecule has 1 heteroatoms. The van der Waals surface area contributed by atoms with Crippen LogP contribution in [0.1, 0.15) is 82.4 Å². The van der Waals surface area contributed by atoms with E-state index in [4.69, 9.17) is 0 Å². The molecule has 1 saturated carbocycles. The van der Waals surface area contributed by atoms with E-state index in [1.807, 2.05) is 0 Å². The van der Waals surface area contributed by atoms with Gasteiger partial charge in [-0.1, -0.05) is 64.3 Å². The molecule has 0 amide bonds. The molecule has 1 aliphatic rings. The van der Waals surface area contributed by atoms with Crippen LogP contribution < -0.4 is 5.32 Å². The third-order valence-electron chi connectivity index (χ3n) is 4.57. The lowest BCUT2D eigenvalue weighted by Crippen LogP contribution is -2.22. The molecule has 20 heavy (non-hydrogen) atoms. The van der Waals surface area contributed by atoms with Crippen molar-refractivity contribution in [2.45, 2.75) is 71.3 Å². The Morgan fingerprint density at radius 2 is 1.70 bits per heavy atom. The van der Waals surface area contributed by atoms with Crippen molar-refractivity contribution < 1.29 is 0 Å². The van der Waals surface area contributed by atoms with E-state index in [-0.39, 0.29) is 0 Å². The van der Waals surface area contributed by atoms with Crippen LogP contribution in [-0.2, 0) is 0 Å². The quantitative estimate of drug-likeness (QED) is 0.728. The smallest absolute Gasteiger partial charge is 0.0322 e. The molecule has 0 radical (unpaired) electrons. The van der Waals surface area contributed by atoms with Crippen LogP contribution in [0.4, 0.5) is 0 Å². The van der Waals surface area contributed by atoms with Gasteiger partial charge in [0.1, 0.15) is 0 Å². The van der Waals surface area contributed by atoms with Crippen molar-refractivity contribution in [3.8, 4) is 0 Å². The summed E-state index contributed by atoms with van der Waals surface area (Å²) in [6.07, 6.45) is 8.27. The lowest BCUT2D eigenvalue weighted by molar-refractivity contribution is 0.435. The SMILES string of the molecule is CCNC(CC(C)C)c1ccc(C2CCCCC2)cc1. The summed E-state index contributed by atoms with van der Waals surface area (Å²) in [5.41, 5.74) is 3.02. The van der Waals surface area contributed by atoms with Gasteiger partial charge in [0.2, 0.25) is 0 Å². The second-order valence-corrected chi connectivity index (χ2v) is 6.74. The minimum absolute atomic E-state index is 0.514. The maximum atomic E-state index is 3.63. The average Bonchev–Trinajstić information content (AvgIpc) is 2.47. The number of hydrogen-bond acceptors (Lipinski definition) is 1. The second kappa shape index (κ2) is 7.83. The summed E-state index contributed by atoms with van der Waals surface area (Å²) in [5.74, 6) is 1.55. The molecule has 1 aromatic carbocycles. The molecular weight excluding hydrogens is 242 g/mol. The molecule has 1 fully saturated rings. The Hall–Kier alpha value is -0.820. The number of benzene rings is 1. The molecule has 1 unspecified atom stereocenters. The monoisotopic (exact) mass is 273 g/mol. The van der Waals surface area contributed by atoms with Gasteiger partial charge in [0.25, 0.3) is 0 Å². The first-order valence-electron chi connectivity index (χ1n) is 8.54. The fraction of sp³-hybridized carbons (Fsp3) is 0.684. The van der Waals surface area contributed by atoms with Crippen molar-refractivity contribution in [3.63, 3.8) is 0 Å². The Bertz CT molecular complexity index is 373. The zero-order valence-corrected chi connectivity index (χ0v) is 13.5. The van der Waals surface area contributed by atoms with Crippen molar-refractivity contribution in [3.05, 3.63) is 35.4 Å². The molecular formula is C19H31N. The predicted octanol–water partition coefficient (Wildman–Crippen LogP) is 5.43. The van der Waals surface area contributed by atoms with E-state index in [0.717, 1.165) is 18.4 Å². The van der Waals surface area contributed by atoms with Gasteiger partial charge in [-0.05, 0) is 48.8 Å². The second-order valence-electron chi connectivity index (χ2n) is 6.74. The first-order valence-corrected chi connectivity index (χ1v) is 8.54. The molecule has 0 spiro atoms. The summed E-state index contributed by atoms with van der Waals surface area (Å²) < 4.78 is 0. The van der Waals surface area contributed by atoms with Crippen LogP contribution in [0.2, 0.25) is 0 Å². The van der Waals surface area contributed by atoms with E-state index >= 15 is 0 Å². The minimum Gasteiger partial charge on any atom is -0.310 e. The van der Waals surface area contributed by atoms with E-state index < -0.39 is 0 Å². The highest BCUT2D eigenvalue weighted by Crippen LogP contribution is 2.33. The highest BCUT2D eigenvalue weighted by molar-refractivity contribution is 5.27. The van der Waals surface area contributed by atoms with Crippen molar-refractivity contribution in [1.29, 1.82) is 0 Å². The predicted molar refractivity (Wildman–Crippen MR) is 88.1 cm³/mol. The maximum absolute atomic E-state index is 3.63. The van der Waals surface area contributed by atoms with Crippen LogP contribution in [-0.4, -0.2) is 6.54 Å². The molecule has 0 aliphatic heterocycles. The molecule has 0 heterocycles. The zero-order chi connectivity index (χ0) is 14.4. The molecule has 1 N–H and O–H groups in total. The third-order valence-corrected chi connectivity index (χ3v) is 4.57. The molecule has 0 saturated heterocycles. The first-order chi connectivity index (χ1) is 9.70. The Kier molecular flexibility index (Phi) is 6.09. The lowest BCUT2D eigenvalue weighted by Gasteiger charge is -2.24. The van der Waals surface area contributed by atoms with Gasteiger partial charge in [0.15, 0.2) is 0 Å². The molecule has 0 aromatic heterocycles. The van der Waals surface area contributed by atoms with Crippen LogP contribution in [0, 0.1) is 5.92 Å². The molecule has 1 aliphatic carbocycles. The fourth-order valence-corrected chi connectivity index (χ4v) is 3.49. The summed E-state index contributed by atoms with van der Waals surface area (Å²) in [5, 5.41) is 3.63. The third kappa shape index (κ3) is 4.34. The van der Waals surface area contributed by atoms with Crippen LogP contribution in [0.15, 0.2) is 24.3 Å². The van der Waals surface area contributed by atoms with Crippen molar-refractivity contribution in [2.24, 2.45) is 5.92 Å². The van der Waals surface area contributed by atoms with Crippen LogP contribution in [0.25, 0.3) is 0 Å². The molecule has 1 aromatic rings. The van der Waals surface area contributed by atoms with Gasteiger partial charge in [-0.25, -0.2) is 0 Å². The maximum Gasteiger partial charge on any atom is 0.0322 e. The van der Waals surface area contributed by atoms with Gasteiger partial charge in [-0.15, -0.1) is 0 Å². The standard InChI is InChI=1S/C19H31N/c1-4-20-19(14-15(2)3)18-12-10-17(11-13-18)16-8-6-5-7-9-16/h10-13,15-16,19-20H,4-9,14H2,1-3H3. The number of hydrogen-bond donors (Lipinski definition) is 1. The first kappa shape index (κ1) is 15.6. The normalized spacial score (nSPS) is 18.4. The summed E-state index contributed by atoms with van der Waals surface area (Å²) >= 11 is 0. The summed E-state index contributed by atoms with van der Waals surface area (Å²) in [6.45, 7) is 7.85. The number of nitrogens with one attached hydrogen (secondary N) is 1. The molecule has 2 rings (SSSR count). The largest absolute Gasteiger partial charge is 0.310 e. The van der Waals surface area contributed by atoms with E-state index in [1.54, 1.807) is 5.56 Å². The zero-order valence-electron chi connectivity index (χ0n) is 13.5. The van der Waals surface area contributed by atoms with E-state index in [0.29, 0.717) is 6.04 Å². The van der Waals surface area contributed by atoms with Gasteiger partial charge < -0.3 is 5.32 Å². The highest BCUT2D eigenvalue weighted by Gasteiger charge is 2.16. The summed E-state index contributed by atoms with van der Waals surface area (Å²) in [6, 6.07) is 10.0. The van der Waals surface area contributed by atoms with Gasteiger partial charge in [-0.3, -0.25) is 0 Å². The van der Waals surface area contributed by atoms with Crippen LogP contribution in [0.3, 0.4) is 0 Å². The van der Waals surface area contributed by atoms with Crippen LogP contribution >= 0.6 is 0 Å². The number of rotatable bonds is 6. The van der Waals surface area contributed by atoms with Gasteiger partial charge >= 0.3 is 0 Å². The van der Waals surface area contributed by atoms with Gasteiger partial charge in [-0.2, -0.15) is 0 Å². The highest BCUT2D eigenvalue weighted by atomic mass is 14.9. The Morgan fingerprint density at radius 1 is 1.05 bits per heavy atom. The van der Waals surface area contributed by atoms with E-state index in [2.05, 4.69) is 50.4 Å². The topological polar surface area (TPSA) is 12.0 Å². The minimum atomic E-state index is 0.514. The molecule has 112 valence electrons. The van der Waals surface area contributed by atoms with Crippen molar-refractivity contribution >= 4 is 0 Å². The Balaban J connectivity index is 2.04. The Labute approximate surface area is 125 Å². The molecule has 1 nitrogen and oxygen atoms in total. The molecule has 0 bridgehead atoms. The Morgan fingerprint density at radius 3 is 2.25 bits per heavy atom. The van der Waals surface area contributed by atoms with E-state index in [9.17, 15) is 0 Å². The summed E-state index contributed by atoms with van der Waals surface area (Å²) in [4.78, 5) is 0. The van der Waals surface area contributed by atoms with Gasteiger partial charge in [0.05, 0.1) is 0 Å².